The molecule has 1 fully saturated rings. The van der Waals surface area contributed by atoms with E-state index < -0.39 is 40.8 Å². The van der Waals surface area contributed by atoms with Crippen molar-refractivity contribution in [3.63, 3.8) is 0 Å². The average Bonchev–Trinajstić information content (AvgIpc) is 3.42. The molecule has 6 nitrogen and oxygen atoms in total. The molecule has 0 radical (unpaired) electrons. The average molecular weight is 481 g/mol. The number of anilines is 1. The van der Waals surface area contributed by atoms with Crippen LogP contribution in [0.4, 0.5) is 14.5 Å². The van der Waals surface area contributed by atoms with E-state index in [9.17, 15) is 23.5 Å². The topological polar surface area (TPSA) is 80.0 Å². The van der Waals surface area contributed by atoms with Crippen LogP contribution in [-0.2, 0) is 15.0 Å². The first-order chi connectivity index (χ1) is 16.5. The van der Waals surface area contributed by atoms with Gasteiger partial charge in [0.25, 0.3) is 11.7 Å². The number of aliphatic hydroxyl groups is 1. The molecule has 0 saturated carbocycles. The third-order valence-corrected chi connectivity index (χ3v) is 5.79. The van der Waals surface area contributed by atoms with Gasteiger partial charge in [-0.1, -0.05) is 20.8 Å². The number of hydrogen-bond acceptors (Lipinski definition) is 5. The van der Waals surface area contributed by atoms with Crippen molar-refractivity contribution in [1.29, 1.82) is 0 Å². The third-order valence-electron chi connectivity index (χ3n) is 5.79. The molecule has 0 spiro atoms. The van der Waals surface area contributed by atoms with Crippen LogP contribution in [0.3, 0.4) is 0 Å². The first-order valence-electron chi connectivity index (χ1n) is 11.1. The van der Waals surface area contributed by atoms with E-state index in [1.54, 1.807) is 18.2 Å². The maximum absolute atomic E-state index is 14.7. The molecule has 8 heteroatoms. The molecule has 1 atom stereocenters. The molecule has 4 rings (SSSR count). The zero-order chi connectivity index (χ0) is 25.5. The van der Waals surface area contributed by atoms with Crippen LogP contribution < -0.4 is 9.64 Å². The summed E-state index contributed by atoms with van der Waals surface area (Å²) < 4.78 is 39.9. The highest BCUT2D eigenvalue weighted by atomic mass is 19.1. The van der Waals surface area contributed by atoms with Gasteiger partial charge in [0.15, 0.2) is 0 Å². The molecule has 1 aromatic heterocycles. The molecule has 35 heavy (non-hydrogen) atoms. The molecule has 182 valence electrons. The largest absolute Gasteiger partial charge is 0.507 e. The van der Waals surface area contributed by atoms with Crippen LogP contribution in [0.2, 0.25) is 0 Å². The molecular weight excluding hydrogens is 456 g/mol. The Morgan fingerprint density at radius 1 is 1.11 bits per heavy atom. The summed E-state index contributed by atoms with van der Waals surface area (Å²) >= 11 is 0. The number of Topliss-reactive ketones (excluding diaryl/α,β-unsaturated/α-hetero) is 1. The molecule has 0 bridgehead atoms. The predicted molar refractivity (Wildman–Crippen MR) is 126 cm³/mol. The van der Waals surface area contributed by atoms with Gasteiger partial charge in [-0.25, -0.2) is 8.78 Å². The highest BCUT2D eigenvalue weighted by molar-refractivity contribution is 6.51. The SMILES string of the molecule is CCOc1ccc(/C(O)=C2/C(=O)C(=O)N(c3cc(F)ccc3F)C2c2ccco2)cc1C(C)(C)C. The Balaban J connectivity index is 1.94. The van der Waals surface area contributed by atoms with Crippen molar-refractivity contribution in [3.05, 3.63) is 88.9 Å². The van der Waals surface area contributed by atoms with Crippen molar-refractivity contribution >= 4 is 23.1 Å². The standard InChI is InChI=1S/C27H25F2NO5/c1-5-34-20-11-8-15(13-17(20)27(2,3)4)24(31)22-23(21-7-6-12-35-21)30(26(33)25(22)32)19-14-16(28)9-10-18(19)29/h6-14,23,31H,5H2,1-4H3/b24-22-. The molecular formula is C27H25F2NO5. The van der Waals surface area contributed by atoms with Crippen LogP contribution in [0.5, 0.6) is 5.75 Å². The quantitative estimate of drug-likeness (QED) is 0.280. The Bertz CT molecular complexity index is 1320. The maximum Gasteiger partial charge on any atom is 0.300 e. The monoisotopic (exact) mass is 481 g/mol. The summed E-state index contributed by atoms with van der Waals surface area (Å²) in [5, 5.41) is 11.3. The minimum absolute atomic E-state index is 0.108. The number of carbonyl (C=O) groups is 2. The maximum atomic E-state index is 14.7. The Hall–Kier alpha value is -3.94. The zero-order valence-corrected chi connectivity index (χ0v) is 19.8. The molecule has 1 unspecified atom stereocenters. The number of rotatable bonds is 5. The normalized spacial score (nSPS) is 17.8. The summed E-state index contributed by atoms with van der Waals surface area (Å²) in [5.74, 6) is -3.57. The van der Waals surface area contributed by atoms with Crippen LogP contribution in [0.1, 0.15) is 50.6 Å². The van der Waals surface area contributed by atoms with Gasteiger partial charge in [-0.05, 0) is 54.8 Å². The van der Waals surface area contributed by atoms with Crippen molar-refractivity contribution in [2.45, 2.75) is 39.2 Å². The van der Waals surface area contributed by atoms with E-state index in [0.29, 0.717) is 12.4 Å². The van der Waals surface area contributed by atoms with Gasteiger partial charge in [0.2, 0.25) is 0 Å². The molecule has 3 aromatic rings. The number of ether oxygens (including phenoxy) is 1. The summed E-state index contributed by atoms with van der Waals surface area (Å²) in [4.78, 5) is 27.0. The second-order valence-corrected chi connectivity index (χ2v) is 9.17. The van der Waals surface area contributed by atoms with Gasteiger partial charge in [-0.15, -0.1) is 0 Å². The van der Waals surface area contributed by atoms with Crippen LogP contribution >= 0.6 is 0 Å². The number of nitrogens with zero attached hydrogens (tertiary/aromatic N) is 1. The van der Waals surface area contributed by atoms with Crippen molar-refractivity contribution in [2.24, 2.45) is 0 Å². The lowest BCUT2D eigenvalue weighted by Crippen LogP contribution is -2.30. The molecule has 1 aliphatic rings. The van der Waals surface area contributed by atoms with Gasteiger partial charge < -0.3 is 14.3 Å². The van der Waals surface area contributed by atoms with Crippen LogP contribution in [0.15, 0.2) is 64.8 Å². The molecule has 2 aromatic carbocycles. The van der Waals surface area contributed by atoms with E-state index in [4.69, 9.17) is 9.15 Å². The van der Waals surface area contributed by atoms with Gasteiger partial charge in [-0.2, -0.15) is 0 Å². The minimum atomic E-state index is -1.30. The summed E-state index contributed by atoms with van der Waals surface area (Å²) in [6.07, 6.45) is 1.33. The zero-order valence-electron chi connectivity index (χ0n) is 19.8. The Labute approximate surface area is 201 Å². The number of benzene rings is 2. The first-order valence-corrected chi connectivity index (χ1v) is 11.1. The van der Waals surface area contributed by atoms with Crippen molar-refractivity contribution in [2.75, 3.05) is 11.5 Å². The van der Waals surface area contributed by atoms with Gasteiger partial charge in [-0.3, -0.25) is 14.5 Å². The minimum Gasteiger partial charge on any atom is -0.507 e. The van der Waals surface area contributed by atoms with Gasteiger partial charge in [0, 0.05) is 17.2 Å². The Morgan fingerprint density at radius 3 is 2.49 bits per heavy atom. The second kappa shape index (κ2) is 9.02. The summed E-state index contributed by atoms with van der Waals surface area (Å²) in [7, 11) is 0. The lowest BCUT2D eigenvalue weighted by Gasteiger charge is -2.25. The van der Waals surface area contributed by atoms with E-state index >= 15 is 0 Å². The number of halogens is 2. The fourth-order valence-electron chi connectivity index (χ4n) is 4.17. The van der Waals surface area contributed by atoms with Crippen LogP contribution in [0, 0.1) is 11.6 Å². The number of ketones is 1. The number of aliphatic hydroxyl groups excluding tert-OH is 1. The number of hydrogen-bond donors (Lipinski definition) is 1. The Kier molecular flexibility index (Phi) is 6.23. The lowest BCUT2D eigenvalue weighted by molar-refractivity contribution is -0.132. The summed E-state index contributed by atoms with van der Waals surface area (Å²) in [5.41, 5.74) is -0.0405. The van der Waals surface area contributed by atoms with Gasteiger partial charge in [0.1, 0.15) is 34.9 Å². The van der Waals surface area contributed by atoms with E-state index in [1.807, 2.05) is 27.7 Å². The Morgan fingerprint density at radius 2 is 1.86 bits per heavy atom. The number of furan rings is 1. The van der Waals surface area contributed by atoms with Crippen LogP contribution in [0.25, 0.3) is 5.76 Å². The second-order valence-electron chi connectivity index (χ2n) is 9.17. The molecule has 1 N–H and O–H groups in total. The first kappa shape index (κ1) is 24.2. The van der Waals surface area contributed by atoms with Gasteiger partial charge >= 0.3 is 0 Å². The number of carbonyl (C=O) groups excluding carboxylic acids is 2. The smallest absolute Gasteiger partial charge is 0.300 e. The molecule has 1 amide bonds. The van der Waals surface area contributed by atoms with E-state index in [2.05, 4.69) is 0 Å². The summed E-state index contributed by atoms with van der Waals surface area (Å²) in [6.45, 7) is 8.23. The highest BCUT2D eigenvalue weighted by Crippen LogP contribution is 2.44. The van der Waals surface area contributed by atoms with Crippen molar-refractivity contribution < 1.29 is 32.6 Å². The van der Waals surface area contributed by atoms with E-state index in [-0.39, 0.29) is 22.3 Å². The van der Waals surface area contributed by atoms with Crippen LogP contribution in [-0.4, -0.2) is 23.4 Å². The fourth-order valence-corrected chi connectivity index (χ4v) is 4.17. The number of amides is 1. The predicted octanol–water partition coefficient (Wildman–Crippen LogP) is 5.88. The molecule has 1 saturated heterocycles. The lowest BCUT2D eigenvalue weighted by atomic mass is 9.84. The molecule has 0 aliphatic carbocycles. The van der Waals surface area contributed by atoms with Crippen molar-refractivity contribution in [1.82, 2.24) is 0 Å². The van der Waals surface area contributed by atoms with E-state index in [1.165, 1.54) is 18.4 Å². The molecule has 1 aliphatic heterocycles. The van der Waals surface area contributed by atoms with Gasteiger partial charge in [0.05, 0.1) is 24.1 Å². The fraction of sp³-hybridized carbons (Fsp3) is 0.259. The van der Waals surface area contributed by atoms with Crippen molar-refractivity contribution in [3.8, 4) is 5.75 Å². The summed E-state index contributed by atoms with van der Waals surface area (Å²) in [6, 6.07) is 9.27. The highest BCUT2D eigenvalue weighted by Gasteiger charge is 2.49. The third kappa shape index (κ3) is 4.32. The molecule has 2 heterocycles. The van der Waals surface area contributed by atoms with E-state index in [0.717, 1.165) is 28.7 Å².